The van der Waals surface area contributed by atoms with E-state index in [1.807, 2.05) is 0 Å². The number of nitrogen functional groups attached to an aromatic ring is 1. The number of halogens is 3. The number of alkyl halides is 3. The van der Waals surface area contributed by atoms with Crippen LogP contribution in [0.2, 0.25) is 0 Å². The molecule has 0 atom stereocenters. The summed E-state index contributed by atoms with van der Waals surface area (Å²) in [6, 6.07) is 2.59. The molecule has 2 rings (SSSR count). The molecular weight excluding hydrogens is 251 g/mol. The lowest BCUT2D eigenvalue weighted by Gasteiger charge is -2.07. The van der Waals surface area contributed by atoms with Crippen molar-refractivity contribution in [1.82, 2.24) is 20.2 Å². The fraction of sp³-hybridized carbons (Fsp3) is 0.222. The molecule has 0 spiro atoms. The van der Waals surface area contributed by atoms with E-state index in [9.17, 15) is 13.2 Å². The number of hydrogen-bond acceptors (Lipinski definition) is 5. The molecule has 0 aromatic carbocycles. The number of hydrogen-bond donors (Lipinski definition) is 2. The molecule has 2 aromatic heterocycles. The molecule has 0 unspecified atom stereocenters. The molecule has 0 saturated carbocycles. The SMILES string of the molecule is Cc1cc(Oc2cc(N)nc(C(F)(F)F)n2)n[nH]1. The molecule has 0 fully saturated rings. The Balaban J connectivity index is 2.31. The Morgan fingerprint density at radius 3 is 2.50 bits per heavy atom. The van der Waals surface area contributed by atoms with E-state index in [0.717, 1.165) is 6.07 Å². The zero-order chi connectivity index (χ0) is 13.3. The number of nitrogens with two attached hydrogens (primary N) is 1. The number of anilines is 1. The Morgan fingerprint density at radius 2 is 1.94 bits per heavy atom. The minimum atomic E-state index is -4.69. The van der Waals surface area contributed by atoms with Crippen LogP contribution in [0.5, 0.6) is 11.8 Å². The fourth-order valence-electron chi connectivity index (χ4n) is 1.17. The number of aryl methyl sites for hydroxylation is 1. The molecule has 96 valence electrons. The maximum absolute atomic E-state index is 12.4. The molecular formula is C9H8F3N5O. The van der Waals surface area contributed by atoms with Crippen molar-refractivity contribution in [3.8, 4) is 11.8 Å². The number of ether oxygens (including phenoxy) is 1. The van der Waals surface area contributed by atoms with E-state index in [4.69, 9.17) is 10.5 Å². The molecule has 2 aromatic rings. The lowest BCUT2D eigenvalue weighted by Crippen LogP contribution is -2.12. The smallest absolute Gasteiger partial charge is 0.419 e. The molecule has 0 aliphatic carbocycles. The highest BCUT2D eigenvalue weighted by Gasteiger charge is 2.35. The van der Waals surface area contributed by atoms with Gasteiger partial charge in [-0.05, 0) is 6.92 Å². The highest BCUT2D eigenvalue weighted by molar-refractivity contribution is 5.35. The second-order valence-corrected chi connectivity index (χ2v) is 3.44. The Labute approximate surface area is 99.0 Å². The molecule has 9 heteroatoms. The van der Waals surface area contributed by atoms with Crippen LogP contribution in [-0.2, 0) is 6.18 Å². The third-order valence-corrected chi connectivity index (χ3v) is 1.87. The standard InChI is InChI=1S/C9H8F3N5O/c1-4-2-7(17-16-4)18-6-3-5(13)14-8(15-6)9(10,11)12/h2-3H,1H3,(H,16,17)(H2,13,14,15). The van der Waals surface area contributed by atoms with Gasteiger partial charge >= 0.3 is 6.18 Å². The van der Waals surface area contributed by atoms with Crippen LogP contribution in [0.15, 0.2) is 12.1 Å². The number of nitrogens with one attached hydrogen (secondary N) is 1. The molecule has 0 saturated heterocycles. The lowest BCUT2D eigenvalue weighted by atomic mass is 10.5. The molecule has 3 N–H and O–H groups in total. The molecule has 18 heavy (non-hydrogen) atoms. The van der Waals surface area contributed by atoms with Crippen molar-refractivity contribution in [1.29, 1.82) is 0 Å². The van der Waals surface area contributed by atoms with Gasteiger partial charge in [-0.2, -0.15) is 18.2 Å². The molecule has 0 radical (unpaired) electrons. The van der Waals surface area contributed by atoms with Gasteiger partial charge in [0.2, 0.25) is 17.6 Å². The van der Waals surface area contributed by atoms with E-state index < -0.39 is 12.0 Å². The summed E-state index contributed by atoms with van der Waals surface area (Å²) in [7, 11) is 0. The predicted octanol–water partition coefficient (Wildman–Crippen LogP) is 1.90. The zero-order valence-corrected chi connectivity index (χ0v) is 9.12. The highest BCUT2D eigenvalue weighted by Crippen LogP contribution is 2.29. The first-order chi connectivity index (χ1) is 8.34. The summed E-state index contributed by atoms with van der Waals surface area (Å²) < 4.78 is 42.3. The summed E-state index contributed by atoms with van der Waals surface area (Å²) in [5.74, 6) is -1.91. The van der Waals surface area contributed by atoms with Gasteiger partial charge in [-0.25, -0.2) is 4.98 Å². The van der Waals surface area contributed by atoms with Gasteiger partial charge in [-0.15, -0.1) is 5.10 Å². The molecule has 0 aliphatic heterocycles. The van der Waals surface area contributed by atoms with Crippen molar-refractivity contribution < 1.29 is 17.9 Å². The Bertz CT molecular complexity index is 566. The number of H-pyrrole nitrogens is 1. The summed E-state index contributed by atoms with van der Waals surface area (Å²) in [4.78, 5) is 6.30. The maximum atomic E-state index is 12.4. The van der Waals surface area contributed by atoms with Gasteiger partial charge in [0.25, 0.3) is 0 Å². The van der Waals surface area contributed by atoms with Crippen LogP contribution in [0.3, 0.4) is 0 Å². The highest BCUT2D eigenvalue weighted by atomic mass is 19.4. The number of aromatic amines is 1. The molecule has 0 aliphatic rings. The van der Waals surface area contributed by atoms with Gasteiger partial charge in [0, 0.05) is 17.8 Å². The fourth-order valence-corrected chi connectivity index (χ4v) is 1.17. The average Bonchev–Trinajstić information content (AvgIpc) is 2.61. The van der Waals surface area contributed by atoms with E-state index >= 15 is 0 Å². The Morgan fingerprint density at radius 1 is 1.22 bits per heavy atom. The Hall–Kier alpha value is -2.32. The van der Waals surface area contributed by atoms with E-state index in [0.29, 0.717) is 5.69 Å². The van der Waals surface area contributed by atoms with Gasteiger partial charge < -0.3 is 10.5 Å². The van der Waals surface area contributed by atoms with Crippen LogP contribution in [-0.4, -0.2) is 20.2 Å². The zero-order valence-electron chi connectivity index (χ0n) is 9.12. The van der Waals surface area contributed by atoms with Crippen molar-refractivity contribution in [2.45, 2.75) is 13.1 Å². The van der Waals surface area contributed by atoms with Crippen molar-refractivity contribution in [2.24, 2.45) is 0 Å². The van der Waals surface area contributed by atoms with Crippen LogP contribution < -0.4 is 10.5 Å². The molecule has 0 amide bonds. The van der Waals surface area contributed by atoms with Crippen LogP contribution in [0.4, 0.5) is 19.0 Å². The van der Waals surface area contributed by atoms with Crippen molar-refractivity contribution in [3.63, 3.8) is 0 Å². The second-order valence-electron chi connectivity index (χ2n) is 3.44. The van der Waals surface area contributed by atoms with Crippen LogP contribution >= 0.6 is 0 Å². The first-order valence-electron chi connectivity index (χ1n) is 4.76. The average molecular weight is 259 g/mol. The third-order valence-electron chi connectivity index (χ3n) is 1.87. The summed E-state index contributed by atoms with van der Waals surface area (Å²) in [6.45, 7) is 1.72. The van der Waals surface area contributed by atoms with Crippen molar-refractivity contribution >= 4 is 5.82 Å². The first-order valence-corrected chi connectivity index (χ1v) is 4.76. The second kappa shape index (κ2) is 4.17. The minimum absolute atomic E-state index is 0.0960. The van der Waals surface area contributed by atoms with E-state index in [2.05, 4.69) is 20.2 Å². The number of nitrogens with zero attached hydrogens (tertiary/aromatic N) is 3. The number of rotatable bonds is 2. The van der Waals surface area contributed by atoms with Crippen LogP contribution in [0, 0.1) is 6.92 Å². The summed E-state index contributed by atoms with van der Waals surface area (Å²) in [6.07, 6.45) is -4.69. The van der Waals surface area contributed by atoms with Crippen molar-refractivity contribution in [3.05, 3.63) is 23.7 Å². The predicted molar refractivity (Wildman–Crippen MR) is 54.8 cm³/mol. The topological polar surface area (TPSA) is 89.7 Å². The van der Waals surface area contributed by atoms with Gasteiger partial charge in [0.15, 0.2) is 0 Å². The monoisotopic (exact) mass is 259 g/mol. The van der Waals surface area contributed by atoms with Gasteiger partial charge in [-0.3, -0.25) is 5.10 Å². The molecule has 6 nitrogen and oxygen atoms in total. The van der Waals surface area contributed by atoms with Crippen LogP contribution in [0.25, 0.3) is 0 Å². The van der Waals surface area contributed by atoms with E-state index in [-0.39, 0.29) is 17.6 Å². The maximum Gasteiger partial charge on any atom is 0.451 e. The number of aromatic nitrogens is 4. The summed E-state index contributed by atoms with van der Waals surface area (Å²) in [5, 5.41) is 6.28. The molecule has 2 heterocycles. The largest absolute Gasteiger partial charge is 0.451 e. The molecule has 0 bridgehead atoms. The quantitative estimate of drug-likeness (QED) is 0.859. The van der Waals surface area contributed by atoms with Gasteiger partial charge in [-0.1, -0.05) is 0 Å². The first kappa shape index (κ1) is 12.1. The third kappa shape index (κ3) is 2.67. The van der Waals surface area contributed by atoms with Gasteiger partial charge in [0.1, 0.15) is 5.82 Å². The Kier molecular flexibility index (Phi) is 2.81. The lowest BCUT2D eigenvalue weighted by molar-refractivity contribution is -0.145. The minimum Gasteiger partial charge on any atom is -0.419 e. The summed E-state index contributed by atoms with van der Waals surface area (Å²) in [5.41, 5.74) is 5.95. The van der Waals surface area contributed by atoms with E-state index in [1.54, 1.807) is 6.92 Å². The van der Waals surface area contributed by atoms with Gasteiger partial charge in [0.05, 0.1) is 0 Å². The summed E-state index contributed by atoms with van der Waals surface area (Å²) >= 11 is 0. The van der Waals surface area contributed by atoms with Crippen molar-refractivity contribution in [2.75, 3.05) is 5.73 Å². The van der Waals surface area contributed by atoms with E-state index in [1.165, 1.54) is 6.07 Å². The normalized spacial score (nSPS) is 11.6. The van der Waals surface area contributed by atoms with Crippen LogP contribution in [0.1, 0.15) is 11.5 Å².